The Hall–Kier alpha value is -3.14. The monoisotopic (exact) mass is 400 g/mol. The summed E-state index contributed by atoms with van der Waals surface area (Å²) in [5.74, 6) is 0. The summed E-state index contributed by atoms with van der Waals surface area (Å²) >= 11 is 0. The van der Waals surface area contributed by atoms with E-state index in [4.69, 9.17) is 4.98 Å². The molecule has 3 aromatic rings. The average Bonchev–Trinajstić information content (AvgIpc) is 2.79. The van der Waals surface area contributed by atoms with Gasteiger partial charge in [0.1, 0.15) is 0 Å². The van der Waals surface area contributed by atoms with Crippen molar-refractivity contribution in [2.45, 2.75) is 40.0 Å². The largest absolute Gasteiger partial charge is 0.393 e. The molecule has 0 bridgehead atoms. The van der Waals surface area contributed by atoms with Crippen LogP contribution in [0.25, 0.3) is 16.6 Å². The summed E-state index contributed by atoms with van der Waals surface area (Å²) in [4.78, 5) is 11.9. The molecule has 0 radical (unpaired) electrons. The number of aryl methyl sites for hydroxylation is 2. The van der Waals surface area contributed by atoms with Gasteiger partial charge in [-0.3, -0.25) is 4.98 Å². The maximum absolute atomic E-state index is 4.86. The molecule has 1 aromatic heterocycles. The number of rotatable bonds is 9. The number of nitrogens with one attached hydrogen (secondary N) is 1. The highest BCUT2D eigenvalue weighted by atomic mass is 15.1. The molecule has 0 aliphatic carbocycles. The molecular weight excluding hydrogens is 368 g/mol. The van der Waals surface area contributed by atoms with Gasteiger partial charge >= 0.3 is 0 Å². The second-order valence-corrected chi connectivity index (χ2v) is 7.39. The predicted octanol–water partition coefficient (Wildman–Crippen LogP) is 6.05. The quantitative estimate of drug-likeness (QED) is 0.444. The summed E-state index contributed by atoms with van der Waals surface area (Å²) < 4.78 is 0. The fourth-order valence-electron chi connectivity index (χ4n) is 3.64. The first kappa shape index (κ1) is 21.6. The third-order valence-electron chi connectivity index (χ3n) is 5.27. The molecule has 0 saturated carbocycles. The van der Waals surface area contributed by atoms with E-state index < -0.39 is 0 Å². The van der Waals surface area contributed by atoms with Gasteiger partial charge < -0.3 is 10.2 Å². The van der Waals surface area contributed by atoms with Crippen molar-refractivity contribution in [2.75, 3.05) is 18.5 Å². The van der Waals surface area contributed by atoms with Crippen molar-refractivity contribution in [3.8, 4) is 0 Å². The maximum Gasteiger partial charge on any atom is 0.0915 e. The zero-order valence-corrected chi connectivity index (χ0v) is 18.6. The Morgan fingerprint density at radius 2 is 1.73 bits per heavy atom. The Morgan fingerprint density at radius 1 is 1.00 bits per heavy atom. The Balaban J connectivity index is 2.09. The molecular formula is C26H32N4. The van der Waals surface area contributed by atoms with E-state index in [1.165, 1.54) is 16.8 Å². The first-order valence-corrected chi connectivity index (χ1v) is 10.8. The number of hydrogen-bond donors (Lipinski definition) is 1. The summed E-state index contributed by atoms with van der Waals surface area (Å²) in [6.45, 7) is 11.5. The number of nitrogens with zero attached hydrogens (tertiary/aromatic N) is 3. The van der Waals surface area contributed by atoms with E-state index in [0.29, 0.717) is 0 Å². The highest BCUT2D eigenvalue weighted by Gasteiger charge is 2.12. The molecule has 4 heteroatoms. The standard InChI is InChI=1S/C26H32N4/c1-6-12-30(23-14-19(7-2)13-20(8-3)15-23)22-10-11-24-25(16-22)29-26(18-28-24)21(9-4)17-27-5/h9-11,13-18,27H,4,6-8,12H2,1-3,5H3/b21-17+. The van der Waals surface area contributed by atoms with Crippen molar-refractivity contribution in [3.05, 3.63) is 78.3 Å². The van der Waals surface area contributed by atoms with Gasteiger partial charge in [-0.1, -0.05) is 39.5 Å². The summed E-state index contributed by atoms with van der Waals surface area (Å²) in [5, 5.41) is 3.05. The first-order chi connectivity index (χ1) is 14.6. The Bertz CT molecular complexity index is 1030. The molecule has 1 heterocycles. The molecule has 30 heavy (non-hydrogen) atoms. The molecule has 1 N–H and O–H groups in total. The van der Waals surface area contributed by atoms with Gasteiger partial charge in [0.2, 0.25) is 0 Å². The molecule has 0 fully saturated rings. The maximum atomic E-state index is 4.86. The van der Waals surface area contributed by atoms with Crippen molar-refractivity contribution in [2.24, 2.45) is 0 Å². The van der Waals surface area contributed by atoms with Gasteiger partial charge in [-0.25, -0.2) is 4.98 Å². The number of hydrogen-bond acceptors (Lipinski definition) is 4. The fraction of sp³-hybridized carbons (Fsp3) is 0.308. The molecule has 0 saturated heterocycles. The van der Waals surface area contributed by atoms with E-state index in [0.717, 1.165) is 53.8 Å². The van der Waals surface area contributed by atoms with Crippen LogP contribution in [0.3, 0.4) is 0 Å². The lowest BCUT2D eigenvalue weighted by molar-refractivity contribution is 0.883. The third kappa shape index (κ3) is 4.70. The lowest BCUT2D eigenvalue weighted by Crippen LogP contribution is -2.18. The van der Waals surface area contributed by atoms with Crippen LogP contribution >= 0.6 is 0 Å². The average molecular weight is 401 g/mol. The van der Waals surface area contributed by atoms with Crippen LogP contribution in [0.1, 0.15) is 44.0 Å². The normalized spacial score (nSPS) is 11.5. The molecule has 3 rings (SSSR count). The van der Waals surface area contributed by atoms with Crippen molar-refractivity contribution in [1.29, 1.82) is 0 Å². The Labute approximate surface area is 180 Å². The number of benzene rings is 2. The van der Waals surface area contributed by atoms with Crippen LogP contribution in [0.15, 0.2) is 61.4 Å². The fourth-order valence-corrected chi connectivity index (χ4v) is 3.64. The SMILES string of the molecule is C=C/C(=C\NC)c1cnc2ccc(N(CCC)c3cc(CC)cc(CC)c3)cc2n1. The zero-order chi connectivity index (χ0) is 21.5. The number of anilines is 2. The van der Waals surface area contributed by atoms with Gasteiger partial charge in [-0.2, -0.15) is 0 Å². The van der Waals surface area contributed by atoms with Crippen LogP contribution in [-0.2, 0) is 12.8 Å². The van der Waals surface area contributed by atoms with Gasteiger partial charge in [0.25, 0.3) is 0 Å². The lowest BCUT2D eigenvalue weighted by Gasteiger charge is -2.26. The van der Waals surface area contributed by atoms with Crippen molar-refractivity contribution in [3.63, 3.8) is 0 Å². The van der Waals surface area contributed by atoms with Gasteiger partial charge in [0.05, 0.1) is 22.9 Å². The number of allylic oxidation sites excluding steroid dienone is 2. The summed E-state index contributed by atoms with van der Waals surface area (Å²) in [5.41, 5.74) is 8.66. The third-order valence-corrected chi connectivity index (χ3v) is 5.27. The molecule has 156 valence electrons. The van der Waals surface area contributed by atoms with E-state index >= 15 is 0 Å². The van der Waals surface area contributed by atoms with E-state index in [1.54, 1.807) is 12.3 Å². The van der Waals surface area contributed by atoms with E-state index in [9.17, 15) is 0 Å². The predicted molar refractivity (Wildman–Crippen MR) is 129 cm³/mol. The molecule has 0 amide bonds. The van der Waals surface area contributed by atoms with Gasteiger partial charge in [-0.05, 0) is 60.7 Å². The van der Waals surface area contributed by atoms with Crippen molar-refractivity contribution >= 4 is 28.0 Å². The van der Waals surface area contributed by atoms with Crippen LogP contribution < -0.4 is 10.2 Å². The number of aromatic nitrogens is 2. The van der Waals surface area contributed by atoms with Crippen LogP contribution in [0.5, 0.6) is 0 Å². The van der Waals surface area contributed by atoms with Crippen molar-refractivity contribution in [1.82, 2.24) is 15.3 Å². The van der Waals surface area contributed by atoms with Crippen LogP contribution in [-0.4, -0.2) is 23.6 Å². The lowest BCUT2D eigenvalue weighted by atomic mass is 10.0. The summed E-state index contributed by atoms with van der Waals surface area (Å²) in [6, 6.07) is 13.3. The topological polar surface area (TPSA) is 41.1 Å². The second-order valence-electron chi connectivity index (χ2n) is 7.39. The minimum atomic E-state index is 0.812. The molecule has 0 aliphatic heterocycles. The van der Waals surface area contributed by atoms with E-state index in [1.807, 2.05) is 13.2 Å². The molecule has 4 nitrogen and oxygen atoms in total. The Morgan fingerprint density at radius 3 is 2.33 bits per heavy atom. The zero-order valence-electron chi connectivity index (χ0n) is 18.6. The smallest absolute Gasteiger partial charge is 0.0915 e. The molecule has 2 aromatic carbocycles. The molecule has 0 spiro atoms. The highest BCUT2D eigenvalue weighted by Crippen LogP contribution is 2.30. The Kier molecular flexibility index (Phi) is 7.23. The summed E-state index contributed by atoms with van der Waals surface area (Å²) in [7, 11) is 1.87. The molecule has 0 unspecified atom stereocenters. The van der Waals surface area contributed by atoms with Gasteiger partial charge in [-0.15, -0.1) is 0 Å². The van der Waals surface area contributed by atoms with Crippen LogP contribution in [0.2, 0.25) is 0 Å². The van der Waals surface area contributed by atoms with E-state index in [2.05, 4.69) is 78.9 Å². The highest BCUT2D eigenvalue weighted by molar-refractivity contribution is 5.83. The van der Waals surface area contributed by atoms with E-state index in [-0.39, 0.29) is 0 Å². The number of fused-ring (bicyclic) bond motifs is 1. The minimum absolute atomic E-state index is 0.812. The second kappa shape index (κ2) is 10.1. The first-order valence-electron chi connectivity index (χ1n) is 10.8. The van der Waals surface area contributed by atoms with Gasteiger partial charge in [0.15, 0.2) is 0 Å². The van der Waals surface area contributed by atoms with Crippen molar-refractivity contribution < 1.29 is 0 Å². The van der Waals surface area contributed by atoms with Crippen LogP contribution in [0.4, 0.5) is 11.4 Å². The summed E-state index contributed by atoms with van der Waals surface area (Å²) in [6.07, 6.45) is 8.62. The van der Waals surface area contributed by atoms with Gasteiger partial charge in [0, 0.05) is 36.7 Å². The molecule has 0 atom stereocenters. The minimum Gasteiger partial charge on any atom is -0.393 e. The van der Waals surface area contributed by atoms with Crippen LogP contribution in [0, 0.1) is 0 Å². The molecule has 0 aliphatic rings.